The summed E-state index contributed by atoms with van der Waals surface area (Å²) in [6.07, 6.45) is 0.894. The largest absolute Gasteiger partial charge is 0.343 e. The van der Waals surface area contributed by atoms with Crippen LogP contribution in [0, 0.1) is 0 Å². The van der Waals surface area contributed by atoms with E-state index in [4.69, 9.17) is 0 Å². The van der Waals surface area contributed by atoms with Crippen LogP contribution in [-0.2, 0) is 6.42 Å². The summed E-state index contributed by atoms with van der Waals surface area (Å²) < 4.78 is 0. The summed E-state index contributed by atoms with van der Waals surface area (Å²) in [6.45, 7) is 2.03. The molecular weight excluding hydrogens is 172 g/mol. The highest BCUT2D eigenvalue weighted by molar-refractivity contribution is 7.09. The molecule has 0 radical (unpaired) electrons. The Bertz CT molecular complexity index is 280. The normalized spacial score (nSPS) is 9.92. The van der Waals surface area contributed by atoms with E-state index in [0.717, 1.165) is 11.4 Å². The Balaban J connectivity index is 2.82. The maximum atomic E-state index is 11.3. The molecule has 66 valence electrons. The van der Waals surface area contributed by atoms with Crippen LogP contribution in [-0.4, -0.2) is 29.9 Å². The van der Waals surface area contributed by atoms with Gasteiger partial charge >= 0.3 is 0 Å². The summed E-state index contributed by atoms with van der Waals surface area (Å²) in [5.41, 5.74) is 0.557. The van der Waals surface area contributed by atoms with Gasteiger partial charge in [-0.2, -0.15) is 0 Å². The number of hydrogen-bond acceptors (Lipinski definition) is 3. The first-order valence-electron chi connectivity index (χ1n) is 3.81. The third-order valence-corrected chi connectivity index (χ3v) is 2.47. The fourth-order valence-corrected chi connectivity index (χ4v) is 1.52. The quantitative estimate of drug-likeness (QED) is 0.696. The number of aryl methyl sites for hydroxylation is 1. The standard InChI is InChI=1S/C8H12N2OS/c1-4-7-9-6(5-12-7)8(11)10(2)3/h5H,4H2,1-3H3. The molecule has 4 heteroatoms. The molecule has 0 N–H and O–H groups in total. The topological polar surface area (TPSA) is 33.2 Å². The highest BCUT2D eigenvalue weighted by Crippen LogP contribution is 2.10. The molecule has 1 aromatic rings. The number of amides is 1. The van der Waals surface area contributed by atoms with Gasteiger partial charge in [-0.3, -0.25) is 4.79 Å². The van der Waals surface area contributed by atoms with Crippen molar-refractivity contribution in [2.75, 3.05) is 14.1 Å². The minimum atomic E-state index is -0.0223. The third kappa shape index (κ3) is 1.82. The molecule has 1 heterocycles. The Kier molecular flexibility index (Phi) is 2.81. The van der Waals surface area contributed by atoms with Gasteiger partial charge in [0.25, 0.3) is 5.91 Å². The SMILES string of the molecule is CCc1nc(C(=O)N(C)C)cs1. The van der Waals surface area contributed by atoms with Crippen LogP contribution in [0.3, 0.4) is 0 Å². The molecule has 0 aliphatic rings. The van der Waals surface area contributed by atoms with E-state index in [1.165, 1.54) is 16.2 Å². The van der Waals surface area contributed by atoms with Crippen molar-refractivity contribution >= 4 is 17.2 Å². The van der Waals surface area contributed by atoms with E-state index >= 15 is 0 Å². The number of carbonyl (C=O) groups excluding carboxylic acids is 1. The van der Waals surface area contributed by atoms with Crippen LogP contribution in [0.15, 0.2) is 5.38 Å². The number of carbonyl (C=O) groups is 1. The van der Waals surface area contributed by atoms with Crippen LogP contribution in [0.2, 0.25) is 0 Å². The van der Waals surface area contributed by atoms with Crippen molar-refractivity contribution < 1.29 is 4.79 Å². The van der Waals surface area contributed by atoms with Gasteiger partial charge in [-0.1, -0.05) is 6.92 Å². The summed E-state index contributed by atoms with van der Waals surface area (Å²) in [6, 6.07) is 0. The van der Waals surface area contributed by atoms with Gasteiger partial charge in [-0.05, 0) is 6.42 Å². The number of rotatable bonds is 2. The van der Waals surface area contributed by atoms with Gasteiger partial charge in [0.1, 0.15) is 5.69 Å². The number of thiazole rings is 1. The summed E-state index contributed by atoms with van der Waals surface area (Å²) in [5, 5.41) is 2.82. The highest BCUT2D eigenvalue weighted by Gasteiger charge is 2.10. The lowest BCUT2D eigenvalue weighted by atomic mass is 10.4. The van der Waals surface area contributed by atoms with Crippen molar-refractivity contribution in [3.05, 3.63) is 16.1 Å². The van der Waals surface area contributed by atoms with E-state index in [1.807, 2.05) is 6.92 Å². The lowest BCUT2D eigenvalue weighted by Crippen LogP contribution is -2.21. The second kappa shape index (κ2) is 3.67. The van der Waals surface area contributed by atoms with Crippen LogP contribution in [0.4, 0.5) is 0 Å². The van der Waals surface area contributed by atoms with Crippen molar-refractivity contribution in [2.45, 2.75) is 13.3 Å². The molecule has 3 nitrogen and oxygen atoms in total. The van der Waals surface area contributed by atoms with Crippen molar-refractivity contribution in [2.24, 2.45) is 0 Å². The van der Waals surface area contributed by atoms with Gasteiger partial charge in [-0.25, -0.2) is 4.98 Å². The first kappa shape index (κ1) is 9.19. The lowest BCUT2D eigenvalue weighted by molar-refractivity contribution is 0.0822. The predicted molar refractivity (Wildman–Crippen MR) is 49.5 cm³/mol. The zero-order valence-corrected chi connectivity index (χ0v) is 8.31. The summed E-state index contributed by atoms with van der Waals surface area (Å²) >= 11 is 1.54. The van der Waals surface area contributed by atoms with Crippen LogP contribution in [0.25, 0.3) is 0 Å². The lowest BCUT2D eigenvalue weighted by Gasteiger charge is -2.06. The van der Waals surface area contributed by atoms with E-state index in [1.54, 1.807) is 19.5 Å². The van der Waals surface area contributed by atoms with Crippen LogP contribution >= 0.6 is 11.3 Å². The van der Waals surface area contributed by atoms with Gasteiger partial charge in [0.15, 0.2) is 0 Å². The minimum Gasteiger partial charge on any atom is -0.343 e. The van der Waals surface area contributed by atoms with Crippen LogP contribution in [0.1, 0.15) is 22.4 Å². The van der Waals surface area contributed by atoms with Crippen molar-refractivity contribution in [3.63, 3.8) is 0 Å². The van der Waals surface area contributed by atoms with Crippen molar-refractivity contribution in [3.8, 4) is 0 Å². The number of nitrogens with zero attached hydrogens (tertiary/aromatic N) is 2. The zero-order chi connectivity index (χ0) is 9.14. The Morgan fingerprint density at radius 2 is 2.33 bits per heavy atom. The smallest absolute Gasteiger partial charge is 0.272 e. The molecule has 0 fully saturated rings. The molecule has 0 bridgehead atoms. The Morgan fingerprint density at radius 1 is 1.67 bits per heavy atom. The fourth-order valence-electron chi connectivity index (χ4n) is 0.801. The third-order valence-electron chi connectivity index (χ3n) is 1.48. The molecule has 0 unspecified atom stereocenters. The average molecular weight is 184 g/mol. The van der Waals surface area contributed by atoms with Crippen molar-refractivity contribution in [1.82, 2.24) is 9.88 Å². The molecule has 1 rings (SSSR count). The minimum absolute atomic E-state index is 0.0223. The molecule has 1 aromatic heterocycles. The van der Waals surface area contributed by atoms with Crippen molar-refractivity contribution in [1.29, 1.82) is 0 Å². The van der Waals surface area contributed by atoms with Gasteiger partial charge in [-0.15, -0.1) is 11.3 Å². The molecule has 1 amide bonds. The first-order valence-corrected chi connectivity index (χ1v) is 4.69. The summed E-state index contributed by atoms with van der Waals surface area (Å²) in [4.78, 5) is 17.1. The Labute approximate surface area is 76.0 Å². The second-order valence-corrected chi connectivity index (χ2v) is 3.62. The predicted octanol–water partition coefficient (Wildman–Crippen LogP) is 1.41. The number of hydrogen-bond donors (Lipinski definition) is 0. The Morgan fingerprint density at radius 3 is 2.75 bits per heavy atom. The molecule has 0 spiro atoms. The van der Waals surface area contributed by atoms with Gasteiger partial charge in [0.05, 0.1) is 5.01 Å². The van der Waals surface area contributed by atoms with Crippen LogP contribution in [0.5, 0.6) is 0 Å². The maximum absolute atomic E-state index is 11.3. The van der Waals surface area contributed by atoms with E-state index in [0.29, 0.717) is 5.69 Å². The van der Waals surface area contributed by atoms with E-state index in [9.17, 15) is 4.79 Å². The molecule has 0 aromatic carbocycles. The van der Waals surface area contributed by atoms with E-state index < -0.39 is 0 Å². The summed E-state index contributed by atoms with van der Waals surface area (Å²) in [5.74, 6) is -0.0223. The first-order chi connectivity index (χ1) is 5.65. The fraction of sp³-hybridized carbons (Fsp3) is 0.500. The second-order valence-electron chi connectivity index (χ2n) is 2.68. The molecule has 0 saturated carbocycles. The summed E-state index contributed by atoms with van der Waals surface area (Å²) in [7, 11) is 3.46. The molecular formula is C8H12N2OS. The molecule has 0 atom stereocenters. The van der Waals surface area contributed by atoms with E-state index in [-0.39, 0.29) is 5.91 Å². The molecule has 0 aliphatic heterocycles. The molecule has 12 heavy (non-hydrogen) atoms. The van der Waals surface area contributed by atoms with E-state index in [2.05, 4.69) is 4.98 Å². The monoisotopic (exact) mass is 184 g/mol. The molecule has 0 aliphatic carbocycles. The number of aromatic nitrogens is 1. The Hall–Kier alpha value is -0.900. The van der Waals surface area contributed by atoms with Crippen LogP contribution < -0.4 is 0 Å². The maximum Gasteiger partial charge on any atom is 0.272 e. The highest BCUT2D eigenvalue weighted by atomic mass is 32.1. The van der Waals surface area contributed by atoms with Gasteiger partial charge < -0.3 is 4.90 Å². The molecule has 0 saturated heterocycles. The zero-order valence-electron chi connectivity index (χ0n) is 7.50. The van der Waals surface area contributed by atoms with Gasteiger partial charge in [0.2, 0.25) is 0 Å². The van der Waals surface area contributed by atoms with Gasteiger partial charge in [0, 0.05) is 19.5 Å². The average Bonchev–Trinajstić information content (AvgIpc) is 2.50.